The Morgan fingerprint density at radius 3 is 2.95 bits per heavy atom. The number of carbonyl (C=O) groups excluding carboxylic acids is 1. The molecule has 1 saturated carbocycles. The predicted molar refractivity (Wildman–Crippen MR) is 80.9 cm³/mol. The number of rotatable bonds is 3. The number of thiophene rings is 1. The Labute approximate surface area is 120 Å². The summed E-state index contributed by atoms with van der Waals surface area (Å²) in [7, 11) is 0. The van der Waals surface area contributed by atoms with Gasteiger partial charge in [-0.15, -0.1) is 11.3 Å². The summed E-state index contributed by atoms with van der Waals surface area (Å²) >= 11 is 7.36. The van der Waals surface area contributed by atoms with Gasteiger partial charge in [-0.1, -0.05) is 18.0 Å². The maximum absolute atomic E-state index is 12.2. The van der Waals surface area contributed by atoms with Crippen molar-refractivity contribution in [2.45, 2.75) is 19.3 Å². The highest BCUT2D eigenvalue weighted by atomic mass is 35.5. The number of nitrogens with two attached hydrogens (primary N) is 1. The Morgan fingerprint density at radius 1 is 1.47 bits per heavy atom. The fourth-order valence-corrected chi connectivity index (χ4v) is 3.59. The Hall–Kier alpha value is -1.26. The normalized spacial score (nSPS) is 15.4. The molecule has 1 heterocycles. The van der Waals surface area contributed by atoms with Crippen LogP contribution in [0.2, 0.25) is 5.02 Å². The van der Waals surface area contributed by atoms with Gasteiger partial charge in [-0.3, -0.25) is 4.79 Å². The summed E-state index contributed by atoms with van der Waals surface area (Å²) in [6.07, 6.45) is 3.72. The molecule has 1 amide bonds. The van der Waals surface area contributed by atoms with E-state index in [1.54, 1.807) is 6.07 Å². The van der Waals surface area contributed by atoms with Crippen molar-refractivity contribution in [2.75, 3.05) is 12.3 Å². The lowest BCUT2D eigenvalue weighted by Crippen LogP contribution is -2.32. The molecule has 1 aliphatic rings. The SMILES string of the molecule is Nc1c(C(=O)NCC2CCC2)sc2cc(Cl)ccc12. The van der Waals surface area contributed by atoms with E-state index in [0.29, 0.717) is 21.5 Å². The van der Waals surface area contributed by atoms with Crippen molar-refractivity contribution in [1.29, 1.82) is 0 Å². The topological polar surface area (TPSA) is 55.1 Å². The van der Waals surface area contributed by atoms with E-state index in [9.17, 15) is 4.79 Å². The first-order chi connectivity index (χ1) is 9.15. The van der Waals surface area contributed by atoms with Gasteiger partial charge in [0, 0.05) is 21.7 Å². The number of nitrogen functional groups attached to an aromatic ring is 1. The van der Waals surface area contributed by atoms with Gasteiger partial charge in [0.05, 0.1) is 5.69 Å². The summed E-state index contributed by atoms with van der Waals surface area (Å²) < 4.78 is 0.957. The Bertz CT molecular complexity index is 634. The van der Waals surface area contributed by atoms with E-state index < -0.39 is 0 Å². The van der Waals surface area contributed by atoms with Crippen molar-refractivity contribution >= 4 is 44.6 Å². The number of halogens is 1. The molecular formula is C14H15ClN2OS. The van der Waals surface area contributed by atoms with Crippen LogP contribution in [-0.2, 0) is 0 Å². The van der Waals surface area contributed by atoms with Crippen molar-refractivity contribution in [1.82, 2.24) is 5.32 Å². The molecule has 2 aromatic rings. The van der Waals surface area contributed by atoms with Gasteiger partial charge in [0.1, 0.15) is 4.88 Å². The summed E-state index contributed by atoms with van der Waals surface area (Å²) in [5.74, 6) is 0.579. The lowest BCUT2D eigenvalue weighted by Gasteiger charge is -2.25. The second-order valence-corrected chi connectivity index (χ2v) is 6.48. The van der Waals surface area contributed by atoms with Gasteiger partial charge in [-0.25, -0.2) is 0 Å². The predicted octanol–water partition coefficient (Wildman–Crippen LogP) is 3.67. The molecule has 100 valence electrons. The minimum absolute atomic E-state index is 0.0678. The van der Waals surface area contributed by atoms with Gasteiger partial charge in [0.2, 0.25) is 0 Å². The van der Waals surface area contributed by atoms with Crippen molar-refractivity contribution < 1.29 is 4.79 Å². The van der Waals surface area contributed by atoms with Gasteiger partial charge < -0.3 is 11.1 Å². The fraction of sp³-hybridized carbons (Fsp3) is 0.357. The highest BCUT2D eigenvalue weighted by molar-refractivity contribution is 7.21. The van der Waals surface area contributed by atoms with E-state index in [-0.39, 0.29) is 5.91 Å². The largest absolute Gasteiger partial charge is 0.397 e. The molecule has 3 N–H and O–H groups in total. The second-order valence-electron chi connectivity index (χ2n) is 4.99. The molecule has 3 nitrogen and oxygen atoms in total. The zero-order valence-electron chi connectivity index (χ0n) is 10.4. The van der Waals surface area contributed by atoms with Crippen LogP contribution in [0.5, 0.6) is 0 Å². The minimum Gasteiger partial charge on any atom is -0.397 e. The first kappa shape index (κ1) is 12.8. The third-order valence-corrected chi connectivity index (χ3v) is 5.07. The van der Waals surface area contributed by atoms with Gasteiger partial charge >= 0.3 is 0 Å². The molecule has 0 saturated heterocycles. The number of carbonyl (C=O) groups is 1. The van der Waals surface area contributed by atoms with Crippen LogP contribution in [0.15, 0.2) is 18.2 Å². The van der Waals surface area contributed by atoms with Crippen LogP contribution in [0.25, 0.3) is 10.1 Å². The molecule has 0 spiro atoms. The highest BCUT2D eigenvalue weighted by Crippen LogP contribution is 2.35. The number of hydrogen-bond acceptors (Lipinski definition) is 3. The maximum Gasteiger partial charge on any atom is 0.263 e. The summed E-state index contributed by atoms with van der Waals surface area (Å²) in [5, 5.41) is 4.54. The van der Waals surface area contributed by atoms with Crippen LogP contribution in [0.1, 0.15) is 28.9 Å². The molecule has 1 fully saturated rings. The zero-order valence-corrected chi connectivity index (χ0v) is 12.0. The number of anilines is 1. The number of fused-ring (bicyclic) bond motifs is 1. The third kappa shape index (κ3) is 2.42. The van der Waals surface area contributed by atoms with Crippen LogP contribution in [0.3, 0.4) is 0 Å². The standard InChI is InChI=1S/C14H15ClN2OS/c15-9-4-5-10-11(6-9)19-13(12(10)16)14(18)17-7-8-2-1-3-8/h4-6,8H,1-3,7,16H2,(H,17,18). The maximum atomic E-state index is 12.2. The van der Waals surface area contributed by atoms with Crippen molar-refractivity contribution in [2.24, 2.45) is 5.92 Å². The average Bonchev–Trinajstić information content (AvgIpc) is 2.64. The zero-order chi connectivity index (χ0) is 13.4. The third-order valence-electron chi connectivity index (χ3n) is 3.67. The number of amides is 1. The van der Waals surface area contributed by atoms with Crippen molar-refractivity contribution in [3.8, 4) is 0 Å². The molecule has 5 heteroatoms. The van der Waals surface area contributed by atoms with E-state index in [1.165, 1.54) is 30.6 Å². The first-order valence-corrected chi connectivity index (χ1v) is 7.60. The van der Waals surface area contributed by atoms with Crippen LogP contribution < -0.4 is 11.1 Å². The van der Waals surface area contributed by atoms with E-state index >= 15 is 0 Å². The van der Waals surface area contributed by atoms with Gasteiger partial charge in [0.25, 0.3) is 5.91 Å². The molecule has 1 aromatic carbocycles. The van der Waals surface area contributed by atoms with Gasteiger partial charge in [-0.2, -0.15) is 0 Å². The van der Waals surface area contributed by atoms with Crippen LogP contribution in [0.4, 0.5) is 5.69 Å². The summed E-state index contributed by atoms with van der Waals surface area (Å²) in [6, 6.07) is 5.51. The smallest absolute Gasteiger partial charge is 0.263 e. The second kappa shape index (κ2) is 5.02. The lowest BCUT2D eigenvalue weighted by atomic mass is 9.85. The monoisotopic (exact) mass is 294 g/mol. The summed E-state index contributed by atoms with van der Waals surface area (Å²) in [4.78, 5) is 12.7. The Kier molecular flexibility index (Phi) is 3.37. The van der Waals surface area contributed by atoms with Crippen LogP contribution in [-0.4, -0.2) is 12.5 Å². The van der Waals surface area contributed by atoms with E-state index in [0.717, 1.165) is 16.6 Å². The summed E-state index contributed by atoms with van der Waals surface area (Å²) in [5.41, 5.74) is 6.61. The highest BCUT2D eigenvalue weighted by Gasteiger charge is 2.20. The molecular weight excluding hydrogens is 280 g/mol. The van der Waals surface area contributed by atoms with Crippen LogP contribution in [0, 0.1) is 5.92 Å². The van der Waals surface area contributed by atoms with Gasteiger partial charge in [0.15, 0.2) is 0 Å². The average molecular weight is 295 g/mol. The minimum atomic E-state index is -0.0678. The molecule has 1 aliphatic carbocycles. The molecule has 0 radical (unpaired) electrons. The number of nitrogens with one attached hydrogen (secondary N) is 1. The number of hydrogen-bond donors (Lipinski definition) is 2. The molecule has 0 aliphatic heterocycles. The lowest BCUT2D eigenvalue weighted by molar-refractivity contribution is 0.0944. The molecule has 0 unspecified atom stereocenters. The molecule has 0 atom stereocenters. The summed E-state index contributed by atoms with van der Waals surface area (Å²) in [6.45, 7) is 0.757. The number of benzene rings is 1. The first-order valence-electron chi connectivity index (χ1n) is 6.41. The van der Waals surface area contributed by atoms with Crippen molar-refractivity contribution in [3.05, 3.63) is 28.1 Å². The quantitative estimate of drug-likeness (QED) is 0.907. The molecule has 0 bridgehead atoms. The Balaban J connectivity index is 1.82. The molecule has 3 rings (SSSR count). The fourth-order valence-electron chi connectivity index (χ4n) is 2.27. The van der Waals surface area contributed by atoms with E-state index in [1.807, 2.05) is 12.1 Å². The van der Waals surface area contributed by atoms with Gasteiger partial charge in [-0.05, 0) is 37.0 Å². The van der Waals surface area contributed by atoms with E-state index in [4.69, 9.17) is 17.3 Å². The van der Waals surface area contributed by atoms with Crippen LogP contribution >= 0.6 is 22.9 Å². The molecule has 19 heavy (non-hydrogen) atoms. The van der Waals surface area contributed by atoms with Crippen molar-refractivity contribution in [3.63, 3.8) is 0 Å². The molecule has 1 aromatic heterocycles. The Morgan fingerprint density at radius 2 is 2.26 bits per heavy atom. The van der Waals surface area contributed by atoms with E-state index in [2.05, 4.69) is 5.32 Å².